The molecule has 5 rings (SSSR count). The van der Waals surface area contributed by atoms with E-state index in [-0.39, 0.29) is 24.9 Å². The Morgan fingerprint density at radius 1 is 1.42 bits per heavy atom. The van der Waals surface area contributed by atoms with Crippen molar-refractivity contribution in [3.63, 3.8) is 0 Å². The summed E-state index contributed by atoms with van der Waals surface area (Å²) in [6.45, 7) is 2.24. The molecule has 0 aliphatic carbocycles. The van der Waals surface area contributed by atoms with Gasteiger partial charge >= 0.3 is 0 Å². The molecule has 0 amide bonds. The Kier molecular flexibility index (Phi) is 5.51. The van der Waals surface area contributed by atoms with Crippen LogP contribution in [-0.2, 0) is 13.0 Å². The van der Waals surface area contributed by atoms with Gasteiger partial charge in [0.15, 0.2) is 11.6 Å². The molecular weight excluding hydrogens is 446 g/mol. The second kappa shape index (κ2) is 8.49. The summed E-state index contributed by atoms with van der Waals surface area (Å²) in [7, 11) is 1.53. The van der Waals surface area contributed by atoms with Gasteiger partial charge in [-0.15, -0.1) is 0 Å². The summed E-state index contributed by atoms with van der Waals surface area (Å²) in [6, 6.07) is 5.43. The van der Waals surface area contributed by atoms with E-state index in [2.05, 4.69) is 20.2 Å². The number of ketones is 1. The molecule has 1 unspecified atom stereocenters. The van der Waals surface area contributed by atoms with E-state index in [1.165, 1.54) is 7.11 Å². The number of Topliss-reactive ketones (excluding diaryl/α,β-unsaturated/α-hetero) is 1. The molecule has 1 aromatic carbocycles. The van der Waals surface area contributed by atoms with E-state index >= 15 is 0 Å². The highest BCUT2D eigenvalue weighted by Crippen LogP contribution is 2.33. The summed E-state index contributed by atoms with van der Waals surface area (Å²) in [6.07, 6.45) is 4.85. The van der Waals surface area contributed by atoms with Crippen molar-refractivity contribution in [1.82, 2.24) is 24.7 Å². The van der Waals surface area contributed by atoms with Crippen LogP contribution in [0, 0.1) is 5.92 Å². The van der Waals surface area contributed by atoms with Crippen LogP contribution in [0.25, 0.3) is 22.4 Å². The highest BCUT2D eigenvalue weighted by Gasteiger charge is 2.30. The average Bonchev–Trinajstić information content (AvgIpc) is 3.42. The number of methoxy groups -OCH3 is 1. The number of benzene rings is 1. The molecule has 1 aliphatic rings. The number of hydrogen-bond donors (Lipinski definition) is 2. The fraction of sp³-hybridized carbons (Fsp3) is 0.304. The van der Waals surface area contributed by atoms with Gasteiger partial charge in [-0.1, -0.05) is 11.6 Å². The van der Waals surface area contributed by atoms with Crippen molar-refractivity contribution < 1.29 is 19.4 Å². The van der Waals surface area contributed by atoms with Crippen LogP contribution >= 0.6 is 11.6 Å². The van der Waals surface area contributed by atoms with Crippen LogP contribution in [0.5, 0.6) is 11.6 Å². The quantitative estimate of drug-likeness (QED) is 0.418. The van der Waals surface area contributed by atoms with Gasteiger partial charge < -0.3 is 19.1 Å². The van der Waals surface area contributed by atoms with Crippen molar-refractivity contribution in [1.29, 1.82) is 0 Å². The lowest BCUT2D eigenvalue weighted by atomic mass is 9.90. The molecule has 10 heteroatoms. The number of nitrogens with one attached hydrogen (secondary N) is 1. The predicted molar refractivity (Wildman–Crippen MR) is 122 cm³/mol. The molecular formula is C23H22ClN5O4. The van der Waals surface area contributed by atoms with Gasteiger partial charge in [-0.3, -0.25) is 4.79 Å². The number of aliphatic hydroxyl groups is 1. The molecule has 0 saturated carbocycles. The molecule has 1 aliphatic heterocycles. The molecule has 0 spiro atoms. The number of H-pyrrole nitrogens is 1. The first-order valence-corrected chi connectivity index (χ1v) is 10.9. The number of carbonyl (C=O) groups is 1. The minimum absolute atomic E-state index is 0.0628. The van der Waals surface area contributed by atoms with Crippen LogP contribution in [0.1, 0.15) is 22.8 Å². The maximum absolute atomic E-state index is 13.5. The van der Waals surface area contributed by atoms with E-state index in [4.69, 9.17) is 21.1 Å². The lowest BCUT2D eigenvalue weighted by Crippen LogP contribution is -2.28. The summed E-state index contributed by atoms with van der Waals surface area (Å²) in [5.74, 6) is 1.17. The summed E-state index contributed by atoms with van der Waals surface area (Å²) < 4.78 is 12.9. The summed E-state index contributed by atoms with van der Waals surface area (Å²) in [5, 5.41) is 18.0. The number of aromatic nitrogens is 5. The number of carbonyl (C=O) groups excluding carboxylic acids is 1. The molecule has 0 fully saturated rings. The van der Waals surface area contributed by atoms with E-state index in [1.807, 2.05) is 12.1 Å². The fourth-order valence-electron chi connectivity index (χ4n) is 4.16. The highest BCUT2D eigenvalue weighted by atomic mass is 35.5. The van der Waals surface area contributed by atoms with Crippen LogP contribution in [0.3, 0.4) is 0 Å². The largest absolute Gasteiger partial charge is 0.493 e. The molecule has 0 radical (unpaired) electrons. The maximum atomic E-state index is 13.5. The second-order valence-corrected chi connectivity index (χ2v) is 8.56. The molecule has 2 N–H and O–H groups in total. The third kappa shape index (κ3) is 3.94. The Balaban J connectivity index is 1.54. The van der Waals surface area contributed by atoms with Gasteiger partial charge in [0.1, 0.15) is 17.0 Å². The molecule has 33 heavy (non-hydrogen) atoms. The minimum Gasteiger partial charge on any atom is -0.493 e. The molecule has 4 aromatic rings. The maximum Gasteiger partial charge on any atom is 0.220 e. The van der Waals surface area contributed by atoms with Crippen molar-refractivity contribution in [2.24, 2.45) is 5.92 Å². The lowest BCUT2D eigenvalue weighted by Gasteiger charge is -2.24. The van der Waals surface area contributed by atoms with E-state index in [0.717, 1.165) is 11.3 Å². The van der Waals surface area contributed by atoms with Gasteiger partial charge in [0, 0.05) is 34.9 Å². The van der Waals surface area contributed by atoms with Gasteiger partial charge in [-0.25, -0.2) is 15.1 Å². The van der Waals surface area contributed by atoms with E-state index in [9.17, 15) is 9.90 Å². The first-order chi connectivity index (χ1) is 15.9. The number of halogens is 1. The lowest BCUT2D eigenvalue weighted by molar-refractivity contribution is 0.0856. The Morgan fingerprint density at radius 3 is 3.06 bits per heavy atom. The van der Waals surface area contributed by atoms with Crippen molar-refractivity contribution in [2.45, 2.75) is 26.0 Å². The van der Waals surface area contributed by atoms with Gasteiger partial charge in [-0.2, -0.15) is 5.10 Å². The topological polar surface area (TPSA) is 115 Å². The summed E-state index contributed by atoms with van der Waals surface area (Å²) in [4.78, 5) is 22.7. The molecule has 0 saturated heterocycles. The first-order valence-electron chi connectivity index (χ1n) is 10.5. The van der Waals surface area contributed by atoms with Crippen LogP contribution < -0.4 is 9.47 Å². The second-order valence-electron chi connectivity index (χ2n) is 8.12. The van der Waals surface area contributed by atoms with Gasteiger partial charge in [0.25, 0.3) is 0 Å². The van der Waals surface area contributed by atoms with Crippen molar-refractivity contribution in [2.75, 3.05) is 13.7 Å². The number of ether oxygens (including phenoxy) is 2. The minimum atomic E-state index is -0.627. The average molecular weight is 468 g/mol. The zero-order valence-corrected chi connectivity index (χ0v) is 18.8. The smallest absolute Gasteiger partial charge is 0.220 e. The standard InChI is InChI=1S/C23H22ClN5O4/c1-12(30)9-29-10-18(20(31)14-5-13-6-15(24)3-4-19(13)33-11-14)16-7-25-21(27-22(16)29)17-8-26-28-23(17)32-2/h3-4,6-8,10,12,14,30H,5,9,11H2,1-2H3,(H,26,28)/t12-,14?/m0/s1. The molecule has 4 heterocycles. The third-order valence-corrected chi connectivity index (χ3v) is 5.93. The number of aromatic amines is 1. The van der Waals surface area contributed by atoms with E-state index in [0.29, 0.717) is 45.3 Å². The normalized spacial score (nSPS) is 16.3. The van der Waals surface area contributed by atoms with Gasteiger partial charge in [0.2, 0.25) is 5.88 Å². The van der Waals surface area contributed by atoms with E-state index < -0.39 is 6.10 Å². The van der Waals surface area contributed by atoms with Crippen molar-refractivity contribution in [3.8, 4) is 23.0 Å². The Bertz CT molecular complexity index is 1350. The number of fused-ring (bicyclic) bond motifs is 2. The van der Waals surface area contributed by atoms with Crippen LogP contribution in [0.4, 0.5) is 0 Å². The molecule has 2 atom stereocenters. The Labute approximate surface area is 194 Å². The fourth-order valence-corrected chi connectivity index (χ4v) is 4.35. The Hall–Kier alpha value is -3.43. The molecule has 0 bridgehead atoms. The summed E-state index contributed by atoms with van der Waals surface area (Å²) >= 11 is 6.13. The van der Waals surface area contributed by atoms with E-state index in [1.54, 1.807) is 36.1 Å². The number of nitrogens with zero attached hydrogens (tertiary/aromatic N) is 4. The monoisotopic (exact) mass is 467 g/mol. The first kappa shape index (κ1) is 21.4. The Morgan fingerprint density at radius 2 is 2.27 bits per heavy atom. The SMILES string of the molecule is COc1[nH]ncc1-c1ncc2c(C(=O)C3COc4ccc(Cl)cc4C3)cn(C[C@H](C)O)c2n1. The van der Waals surface area contributed by atoms with Crippen LogP contribution in [0.15, 0.2) is 36.8 Å². The predicted octanol–water partition coefficient (Wildman–Crippen LogP) is 3.30. The van der Waals surface area contributed by atoms with Crippen LogP contribution in [-0.4, -0.2) is 55.4 Å². The summed E-state index contributed by atoms with van der Waals surface area (Å²) in [5.41, 5.74) is 2.56. The zero-order valence-electron chi connectivity index (χ0n) is 18.1. The van der Waals surface area contributed by atoms with Crippen molar-refractivity contribution in [3.05, 3.63) is 52.9 Å². The molecule has 3 aromatic heterocycles. The zero-order chi connectivity index (χ0) is 23.1. The van der Waals surface area contributed by atoms with Crippen LogP contribution in [0.2, 0.25) is 5.02 Å². The highest BCUT2D eigenvalue weighted by molar-refractivity contribution is 6.30. The molecule has 170 valence electrons. The van der Waals surface area contributed by atoms with Gasteiger partial charge in [-0.05, 0) is 37.1 Å². The van der Waals surface area contributed by atoms with Crippen molar-refractivity contribution >= 4 is 28.4 Å². The third-order valence-electron chi connectivity index (χ3n) is 5.69. The van der Waals surface area contributed by atoms with Gasteiger partial charge in [0.05, 0.1) is 31.9 Å². The number of hydrogen-bond acceptors (Lipinski definition) is 7. The number of aliphatic hydroxyl groups excluding tert-OH is 1. The molecule has 9 nitrogen and oxygen atoms in total. The number of rotatable bonds is 6.